The highest BCUT2D eigenvalue weighted by Gasteiger charge is 2.33. The van der Waals surface area contributed by atoms with Crippen LogP contribution in [0.5, 0.6) is 0 Å². The molecule has 0 aliphatic carbocycles. The van der Waals surface area contributed by atoms with Gasteiger partial charge in [0.15, 0.2) is 0 Å². The number of carbonyl (C=O) groups is 1. The molecule has 1 aliphatic rings. The minimum absolute atomic E-state index is 0.0235. The van der Waals surface area contributed by atoms with Crippen molar-refractivity contribution < 1.29 is 9.53 Å². The molecule has 0 radical (unpaired) electrons. The van der Waals surface area contributed by atoms with E-state index in [4.69, 9.17) is 4.74 Å². The Bertz CT molecular complexity index is 609. The number of ether oxygens (including phenoxy) is 1. The summed E-state index contributed by atoms with van der Waals surface area (Å²) < 4.78 is 7.71. The highest BCUT2D eigenvalue weighted by molar-refractivity contribution is 7.09. The molecule has 1 aliphatic heterocycles. The van der Waals surface area contributed by atoms with Gasteiger partial charge in [-0.25, -0.2) is 4.98 Å². The smallest absolute Gasteiger partial charge is 0.220 e. The number of hydrogen-bond donors (Lipinski definition) is 1. The first-order valence-corrected chi connectivity index (χ1v) is 8.52. The van der Waals surface area contributed by atoms with Gasteiger partial charge in [-0.1, -0.05) is 6.07 Å². The second kappa shape index (κ2) is 7.07. The molecule has 0 unspecified atom stereocenters. The third-order valence-electron chi connectivity index (χ3n) is 3.96. The summed E-state index contributed by atoms with van der Waals surface area (Å²) in [7, 11) is 1.95. The van der Waals surface area contributed by atoms with Crippen molar-refractivity contribution in [3.63, 3.8) is 0 Å². The Kier molecular flexibility index (Phi) is 4.90. The third kappa shape index (κ3) is 3.56. The zero-order chi connectivity index (χ0) is 15.4. The second-order valence-corrected chi connectivity index (χ2v) is 6.62. The molecule has 6 heteroatoms. The van der Waals surface area contributed by atoms with Gasteiger partial charge in [-0.3, -0.25) is 4.79 Å². The average Bonchev–Trinajstić information content (AvgIpc) is 3.21. The van der Waals surface area contributed by atoms with Gasteiger partial charge in [0, 0.05) is 37.3 Å². The molecule has 5 nitrogen and oxygen atoms in total. The number of nitrogens with zero attached hydrogens (tertiary/aromatic N) is 2. The average molecular weight is 319 g/mol. The normalized spacial score (nSPS) is 21.1. The van der Waals surface area contributed by atoms with Crippen LogP contribution >= 0.6 is 11.3 Å². The molecule has 1 amide bonds. The van der Waals surface area contributed by atoms with Crippen LogP contribution in [0.2, 0.25) is 0 Å². The second-order valence-electron chi connectivity index (χ2n) is 5.58. The number of aryl methyl sites for hydroxylation is 2. The van der Waals surface area contributed by atoms with Crippen molar-refractivity contribution in [3.8, 4) is 0 Å². The standard InChI is InChI=1S/C16H21N3O2S/c1-19-9-8-17-16(19)15-13(7-10-21-15)18-14(20)6-2-4-12-5-3-11-22-12/h3,5,8-9,11,13,15H,2,4,6-7,10H2,1H3,(H,18,20)/t13-,15-/m0/s1. The number of hydrogen-bond acceptors (Lipinski definition) is 4. The zero-order valence-corrected chi connectivity index (χ0v) is 13.5. The number of amides is 1. The van der Waals surface area contributed by atoms with Gasteiger partial charge in [0.05, 0.1) is 6.04 Å². The van der Waals surface area contributed by atoms with E-state index >= 15 is 0 Å². The molecule has 0 spiro atoms. The van der Waals surface area contributed by atoms with E-state index in [1.54, 1.807) is 17.5 Å². The van der Waals surface area contributed by atoms with Crippen molar-refractivity contribution in [2.24, 2.45) is 7.05 Å². The Hall–Kier alpha value is -1.66. The quantitative estimate of drug-likeness (QED) is 0.890. The summed E-state index contributed by atoms with van der Waals surface area (Å²) in [6, 6.07) is 4.19. The summed E-state index contributed by atoms with van der Waals surface area (Å²) in [5.74, 6) is 0.979. The summed E-state index contributed by atoms with van der Waals surface area (Å²) in [4.78, 5) is 17.8. The summed E-state index contributed by atoms with van der Waals surface area (Å²) in [5, 5.41) is 5.18. The zero-order valence-electron chi connectivity index (χ0n) is 12.7. The maximum Gasteiger partial charge on any atom is 0.220 e. The van der Waals surface area contributed by atoms with Crippen molar-refractivity contribution in [3.05, 3.63) is 40.6 Å². The molecule has 0 aromatic carbocycles. The van der Waals surface area contributed by atoms with Gasteiger partial charge >= 0.3 is 0 Å². The fraction of sp³-hybridized carbons (Fsp3) is 0.500. The van der Waals surface area contributed by atoms with Crippen molar-refractivity contribution in [2.45, 2.75) is 37.8 Å². The molecule has 2 aromatic heterocycles. The fourth-order valence-corrected chi connectivity index (χ4v) is 3.55. The van der Waals surface area contributed by atoms with E-state index in [2.05, 4.69) is 21.7 Å². The highest BCUT2D eigenvalue weighted by Crippen LogP contribution is 2.27. The first kappa shape index (κ1) is 15.2. The Morgan fingerprint density at radius 2 is 2.50 bits per heavy atom. The lowest BCUT2D eigenvalue weighted by Crippen LogP contribution is -2.37. The maximum atomic E-state index is 12.1. The van der Waals surface area contributed by atoms with Crippen LogP contribution in [0, 0.1) is 0 Å². The molecule has 2 aromatic rings. The first-order chi connectivity index (χ1) is 10.7. The lowest BCUT2D eigenvalue weighted by atomic mass is 10.1. The molecule has 1 fully saturated rings. The van der Waals surface area contributed by atoms with Crippen molar-refractivity contribution in [1.29, 1.82) is 0 Å². The molecule has 118 valence electrons. The topological polar surface area (TPSA) is 56.1 Å². The Labute approximate surface area is 134 Å². The number of aromatic nitrogens is 2. The minimum atomic E-state index is -0.138. The SMILES string of the molecule is Cn1ccnc1[C@H]1OCC[C@@H]1NC(=O)CCCc1cccs1. The van der Waals surface area contributed by atoms with Gasteiger partial charge in [-0.2, -0.15) is 0 Å². The van der Waals surface area contributed by atoms with Crippen LogP contribution in [-0.2, 0) is 23.0 Å². The van der Waals surface area contributed by atoms with Crippen LogP contribution in [0.25, 0.3) is 0 Å². The third-order valence-corrected chi connectivity index (χ3v) is 4.89. The highest BCUT2D eigenvalue weighted by atomic mass is 32.1. The lowest BCUT2D eigenvalue weighted by molar-refractivity contribution is -0.122. The van der Waals surface area contributed by atoms with E-state index in [0.29, 0.717) is 13.0 Å². The number of thiophene rings is 1. The van der Waals surface area contributed by atoms with Crippen molar-refractivity contribution in [1.82, 2.24) is 14.9 Å². The van der Waals surface area contributed by atoms with Crippen LogP contribution in [0.15, 0.2) is 29.9 Å². The number of rotatable bonds is 6. The van der Waals surface area contributed by atoms with Gasteiger partial charge in [0.2, 0.25) is 5.91 Å². The molecule has 22 heavy (non-hydrogen) atoms. The van der Waals surface area contributed by atoms with E-state index in [1.165, 1.54) is 4.88 Å². The predicted octanol–water partition coefficient (Wildman–Crippen LogP) is 2.45. The van der Waals surface area contributed by atoms with Crippen LogP contribution in [-0.4, -0.2) is 28.1 Å². The van der Waals surface area contributed by atoms with Gasteiger partial charge < -0.3 is 14.6 Å². The molecular weight excluding hydrogens is 298 g/mol. The summed E-state index contributed by atoms with van der Waals surface area (Å²) in [5.41, 5.74) is 0. The van der Waals surface area contributed by atoms with Crippen LogP contribution in [0.3, 0.4) is 0 Å². The van der Waals surface area contributed by atoms with Gasteiger partial charge in [0.25, 0.3) is 0 Å². The molecule has 3 rings (SSSR count). The summed E-state index contributed by atoms with van der Waals surface area (Å²) in [6.45, 7) is 0.664. The Morgan fingerprint density at radius 3 is 3.23 bits per heavy atom. The van der Waals surface area contributed by atoms with Crippen molar-refractivity contribution in [2.75, 3.05) is 6.61 Å². The van der Waals surface area contributed by atoms with E-state index in [1.807, 2.05) is 23.9 Å². The summed E-state index contributed by atoms with van der Waals surface area (Å²) in [6.07, 6.45) is 6.77. The molecule has 1 saturated heterocycles. The van der Waals surface area contributed by atoms with Crippen LogP contribution in [0.4, 0.5) is 0 Å². The van der Waals surface area contributed by atoms with E-state index in [9.17, 15) is 4.79 Å². The monoisotopic (exact) mass is 319 g/mol. The summed E-state index contributed by atoms with van der Waals surface area (Å²) >= 11 is 1.75. The molecule has 1 N–H and O–H groups in total. The first-order valence-electron chi connectivity index (χ1n) is 7.64. The molecular formula is C16H21N3O2S. The predicted molar refractivity (Wildman–Crippen MR) is 85.7 cm³/mol. The molecule has 0 bridgehead atoms. The molecule has 2 atom stereocenters. The van der Waals surface area contributed by atoms with E-state index in [0.717, 1.165) is 25.1 Å². The van der Waals surface area contributed by atoms with Crippen molar-refractivity contribution >= 4 is 17.2 Å². The van der Waals surface area contributed by atoms with Gasteiger partial charge in [-0.15, -0.1) is 11.3 Å². The van der Waals surface area contributed by atoms with Crippen LogP contribution in [0.1, 0.15) is 36.1 Å². The molecule has 0 saturated carbocycles. The Morgan fingerprint density at radius 1 is 1.59 bits per heavy atom. The van der Waals surface area contributed by atoms with Crippen LogP contribution < -0.4 is 5.32 Å². The number of carbonyl (C=O) groups excluding carboxylic acids is 1. The van der Waals surface area contributed by atoms with E-state index < -0.39 is 0 Å². The largest absolute Gasteiger partial charge is 0.368 e. The van der Waals surface area contributed by atoms with E-state index in [-0.39, 0.29) is 18.1 Å². The number of nitrogens with one attached hydrogen (secondary N) is 1. The fourth-order valence-electron chi connectivity index (χ4n) is 2.80. The number of imidazole rings is 1. The Balaban J connectivity index is 1.49. The van der Waals surface area contributed by atoms with Gasteiger partial charge in [0.1, 0.15) is 11.9 Å². The van der Waals surface area contributed by atoms with Gasteiger partial charge in [-0.05, 0) is 30.7 Å². The molecule has 3 heterocycles. The maximum absolute atomic E-state index is 12.1. The minimum Gasteiger partial charge on any atom is -0.368 e. The lowest BCUT2D eigenvalue weighted by Gasteiger charge is -2.19.